The summed E-state index contributed by atoms with van der Waals surface area (Å²) >= 11 is 1.45. The Labute approximate surface area is 133 Å². The van der Waals surface area contributed by atoms with Crippen LogP contribution in [0.25, 0.3) is 10.8 Å². The van der Waals surface area contributed by atoms with Gasteiger partial charge in [-0.25, -0.2) is 4.98 Å². The molecule has 0 aromatic carbocycles. The van der Waals surface area contributed by atoms with E-state index < -0.39 is 0 Å². The van der Waals surface area contributed by atoms with Crippen molar-refractivity contribution in [2.75, 3.05) is 26.2 Å². The first-order valence-electron chi connectivity index (χ1n) is 6.76. The van der Waals surface area contributed by atoms with E-state index in [9.17, 15) is 4.79 Å². The van der Waals surface area contributed by atoms with Crippen LogP contribution in [0.2, 0.25) is 0 Å². The Balaban J connectivity index is 0.00000161. The van der Waals surface area contributed by atoms with Gasteiger partial charge in [0.15, 0.2) is 10.8 Å². The van der Waals surface area contributed by atoms with E-state index >= 15 is 0 Å². The Morgan fingerprint density at radius 3 is 3.00 bits per heavy atom. The van der Waals surface area contributed by atoms with Crippen molar-refractivity contribution in [2.45, 2.75) is 13.3 Å². The fourth-order valence-electron chi connectivity index (χ4n) is 2.25. The lowest BCUT2D eigenvalue weighted by molar-refractivity contribution is 0.0761. The molecule has 1 aliphatic heterocycles. The molecule has 3 rings (SSSR count). The number of hydrogen-bond donors (Lipinski definition) is 1. The summed E-state index contributed by atoms with van der Waals surface area (Å²) in [5.74, 6) is 1.59. The van der Waals surface area contributed by atoms with Gasteiger partial charge in [0.05, 0.1) is 0 Å². The molecule has 3 heterocycles. The Morgan fingerprint density at radius 2 is 2.24 bits per heavy atom. The quantitative estimate of drug-likeness (QED) is 0.921. The van der Waals surface area contributed by atoms with Gasteiger partial charge in [0.1, 0.15) is 11.5 Å². The van der Waals surface area contributed by atoms with Crippen molar-refractivity contribution in [3.8, 4) is 10.8 Å². The van der Waals surface area contributed by atoms with Gasteiger partial charge < -0.3 is 14.6 Å². The normalized spacial score (nSPS) is 15.4. The van der Waals surface area contributed by atoms with Crippen LogP contribution in [0.3, 0.4) is 0 Å². The predicted octanol–water partition coefficient (Wildman–Crippen LogP) is 2.57. The number of thiazole rings is 1. The molecule has 0 radical (unpaired) electrons. The summed E-state index contributed by atoms with van der Waals surface area (Å²) in [5, 5.41) is 5.86. The fourth-order valence-corrected chi connectivity index (χ4v) is 3.00. The van der Waals surface area contributed by atoms with Crippen LogP contribution in [0.4, 0.5) is 0 Å². The number of nitrogens with one attached hydrogen (secondary N) is 1. The minimum absolute atomic E-state index is 0. The molecule has 0 saturated carbocycles. The average Bonchev–Trinajstić information content (AvgIpc) is 3.00. The number of carbonyl (C=O) groups is 1. The van der Waals surface area contributed by atoms with Crippen molar-refractivity contribution < 1.29 is 9.21 Å². The maximum absolute atomic E-state index is 12.4. The van der Waals surface area contributed by atoms with E-state index in [4.69, 9.17) is 4.42 Å². The maximum Gasteiger partial charge on any atom is 0.273 e. The third-order valence-corrected chi connectivity index (χ3v) is 4.16. The lowest BCUT2D eigenvalue weighted by atomic mass is 10.3. The second-order valence-electron chi connectivity index (χ2n) is 4.84. The van der Waals surface area contributed by atoms with Gasteiger partial charge in [-0.05, 0) is 32.0 Å². The largest absolute Gasteiger partial charge is 0.459 e. The van der Waals surface area contributed by atoms with Gasteiger partial charge >= 0.3 is 0 Å². The van der Waals surface area contributed by atoms with Gasteiger partial charge in [-0.1, -0.05) is 0 Å². The lowest BCUT2D eigenvalue weighted by Crippen LogP contribution is -2.34. The number of furan rings is 1. The molecule has 1 aliphatic rings. The Bertz CT molecular complexity index is 603. The highest BCUT2D eigenvalue weighted by Gasteiger charge is 2.20. The lowest BCUT2D eigenvalue weighted by Gasteiger charge is -2.18. The minimum atomic E-state index is 0. The molecule has 1 fully saturated rings. The van der Waals surface area contributed by atoms with Gasteiger partial charge in [0, 0.05) is 25.0 Å². The summed E-state index contributed by atoms with van der Waals surface area (Å²) in [6, 6.07) is 3.79. The first-order chi connectivity index (χ1) is 9.74. The molecule has 0 bridgehead atoms. The van der Waals surface area contributed by atoms with Crippen LogP contribution < -0.4 is 5.32 Å². The molecule has 114 valence electrons. The Kier molecular flexibility index (Phi) is 5.39. The Hall–Kier alpha value is -1.37. The first-order valence-corrected chi connectivity index (χ1v) is 7.64. The number of nitrogens with zero attached hydrogens (tertiary/aromatic N) is 2. The number of aryl methyl sites for hydroxylation is 1. The highest BCUT2D eigenvalue weighted by atomic mass is 35.5. The molecule has 5 nitrogen and oxygen atoms in total. The van der Waals surface area contributed by atoms with Crippen LogP contribution in [-0.2, 0) is 0 Å². The molecule has 0 aliphatic carbocycles. The number of aromatic nitrogens is 1. The van der Waals surface area contributed by atoms with Crippen LogP contribution in [0.5, 0.6) is 0 Å². The molecule has 1 saturated heterocycles. The SMILES string of the molecule is Cc1ccc(-c2nc(C(=O)N3CCCNCC3)cs2)o1.Cl. The molecule has 21 heavy (non-hydrogen) atoms. The van der Waals surface area contributed by atoms with E-state index in [0.29, 0.717) is 5.69 Å². The van der Waals surface area contributed by atoms with E-state index in [1.54, 1.807) is 0 Å². The van der Waals surface area contributed by atoms with Crippen molar-refractivity contribution >= 4 is 29.7 Å². The highest BCUT2D eigenvalue weighted by Crippen LogP contribution is 2.26. The fraction of sp³-hybridized carbons (Fsp3) is 0.429. The van der Waals surface area contributed by atoms with E-state index in [-0.39, 0.29) is 18.3 Å². The summed E-state index contributed by atoms with van der Waals surface area (Å²) in [5.41, 5.74) is 0.515. The van der Waals surface area contributed by atoms with Gasteiger partial charge in [0.25, 0.3) is 5.91 Å². The summed E-state index contributed by atoms with van der Waals surface area (Å²) in [4.78, 5) is 18.7. The molecule has 0 spiro atoms. The molecular formula is C14H18ClN3O2S. The molecule has 0 unspecified atom stereocenters. The molecule has 2 aromatic rings. The standard InChI is InChI=1S/C14H17N3O2S.ClH/c1-10-3-4-12(19-10)13-16-11(9-20-13)14(18)17-7-2-5-15-6-8-17;/h3-4,9,15H,2,5-8H2,1H3;1H. The summed E-state index contributed by atoms with van der Waals surface area (Å²) in [7, 11) is 0. The number of amides is 1. The maximum atomic E-state index is 12.4. The molecule has 7 heteroatoms. The summed E-state index contributed by atoms with van der Waals surface area (Å²) < 4.78 is 5.54. The summed E-state index contributed by atoms with van der Waals surface area (Å²) in [6.07, 6.45) is 0.986. The van der Waals surface area contributed by atoms with E-state index in [2.05, 4.69) is 10.3 Å². The Morgan fingerprint density at radius 1 is 1.38 bits per heavy atom. The number of rotatable bonds is 2. The third kappa shape index (κ3) is 3.64. The second kappa shape index (κ2) is 7.06. The van der Waals surface area contributed by atoms with Gasteiger partial charge in [0.2, 0.25) is 0 Å². The van der Waals surface area contributed by atoms with Crippen LogP contribution >= 0.6 is 23.7 Å². The average molecular weight is 328 g/mol. The molecular weight excluding hydrogens is 310 g/mol. The topological polar surface area (TPSA) is 58.4 Å². The number of hydrogen-bond acceptors (Lipinski definition) is 5. The molecule has 1 N–H and O–H groups in total. The van der Waals surface area contributed by atoms with E-state index in [0.717, 1.165) is 49.1 Å². The van der Waals surface area contributed by atoms with Crippen molar-refractivity contribution in [2.24, 2.45) is 0 Å². The smallest absolute Gasteiger partial charge is 0.273 e. The molecule has 0 atom stereocenters. The van der Waals surface area contributed by atoms with Crippen molar-refractivity contribution in [1.29, 1.82) is 0 Å². The van der Waals surface area contributed by atoms with Crippen molar-refractivity contribution in [3.63, 3.8) is 0 Å². The van der Waals surface area contributed by atoms with E-state index in [1.807, 2.05) is 29.3 Å². The molecule has 2 aromatic heterocycles. The minimum Gasteiger partial charge on any atom is -0.459 e. The van der Waals surface area contributed by atoms with E-state index in [1.165, 1.54) is 11.3 Å². The van der Waals surface area contributed by atoms with Crippen molar-refractivity contribution in [1.82, 2.24) is 15.2 Å². The third-order valence-electron chi connectivity index (χ3n) is 3.30. The monoisotopic (exact) mass is 327 g/mol. The zero-order valence-corrected chi connectivity index (χ0v) is 13.4. The van der Waals surface area contributed by atoms with Crippen LogP contribution in [-0.4, -0.2) is 42.0 Å². The van der Waals surface area contributed by atoms with Crippen LogP contribution in [0.15, 0.2) is 21.9 Å². The van der Waals surface area contributed by atoms with Gasteiger partial charge in [-0.2, -0.15) is 0 Å². The number of carbonyl (C=O) groups excluding carboxylic acids is 1. The predicted molar refractivity (Wildman–Crippen MR) is 85.2 cm³/mol. The van der Waals surface area contributed by atoms with Crippen LogP contribution in [0, 0.1) is 6.92 Å². The first kappa shape index (κ1) is 16.0. The second-order valence-corrected chi connectivity index (χ2v) is 5.70. The molecule has 1 amide bonds. The van der Waals surface area contributed by atoms with Crippen LogP contribution in [0.1, 0.15) is 22.7 Å². The van der Waals surface area contributed by atoms with Crippen molar-refractivity contribution in [3.05, 3.63) is 29.0 Å². The zero-order chi connectivity index (χ0) is 13.9. The zero-order valence-electron chi connectivity index (χ0n) is 11.8. The highest BCUT2D eigenvalue weighted by molar-refractivity contribution is 7.13. The van der Waals surface area contributed by atoms with Gasteiger partial charge in [-0.15, -0.1) is 23.7 Å². The number of halogens is 1. The summed E-state index contributed by atoms with van der Waals surface area (Å²) in [6.45, 7) is 5.25. The van der Waals surface area contributed by atoms with Gasteiger partial charge in [-0.3, -0.25) is 4.79 Å².